The van der Waals surface area contributed by atoms with Gasteiger partial charge in [-0.2, -0.15) is 5.10 Å². The van der Waals surface area contributed by atoms with Gasteiger partial charge in [-0.25, -0.2) is 0 Å². The van der Waals surface area contributed by atoms with Crippen LogP contribution in [0.4, 0.5) is 5.69 Å². The lowest BCUT2D eigenvalue weighted by molar-refractivity contribution is 0.658. The zero-order chi connectivity index (χ0) is 12.6. The number of halogens is 2. The lowest BCUT2D eigenvalue weighted by atomic mass is 10.2. The molecule has 0 radical (unpaired) electrons. The van der Waals surface area contributed by atoms with Gasteiger partial charge in [0.15, 0.2) is 0 Å². The van der Waals surface area contributed by atoms with Crippen LogP contribution in [-0.4, -0.2) is 9.78 Å². The molecule has 1 aromatic heterocycles. The van der Waals surface area contributed by atoms with Crippen LogP contribution in [0.1, 0.15) is 17.0 Å². The molecule has 0 fully saturated rings. The maximum Gasteiger partial charge on any atom is 0.0844 e. The standard InChI is InChI=1S/C12H13BrClN3/c1-7-12(14)8(2)17(16-7)6-9-10(13)4-3-5-11(9)15/h3-5H,6,15H2,1-2H3. The van der Waals surface area contributed by atoms with E-state index in [0.717, 1.165) is 32.1 Å². The summed E-state index contributed by atoms with van der Waals surface area (Å²) in [6, 6.07) is 5.77. The molecule has 0 aliphatic rings. The summed E-state index contributed by atoms with van der Waals surface area (Å²) < 4.78 is 2.86. The van der Waals surface area contributed by atoms with Crippen molar-refractivity contribution in [3.8, 4) is 0 Å². The van der Waals surface area contributed by atoms with E-state index < -0.39 is 0 Å². The van der Waals surface area contributed by atoms with Crippen molar-refractivity contribution in [2.24, 2.45) is 0 Å². The van der Waals surface area contributed by atoms with Gasteiger partial charge in [-0.3, -0.25) is 4.68 Å². The summed E-state index contributed by atoms with van der Waals surface area (Å²) >= 11 is 9.62. The zero-order valence-corrected chi connectivity index (χ0v) is 12.0. The lowest BCUT2D eigenvalue weighted by Crippen LogP contribution is -2.07. The third kappa shape index (κ3) is 2.33. The average molecular weight is 315 g/mol. The van der Waals surface area contributed by atoms with Gasteiger partial charge in [0.25, 0.3) is 0 Å². The van der Waals surface area contributed by atoms with Crippen LogP contribution < -0.4 is 5.73 Å². The van der Waals surface area contributed by atoms with E-state index >= 15 is 0 Å². The fraction of sp³-hybridized carbons (Fsp3) is 0.250. The second-order valence-electron chi connectivity index (χ2n) is 3.95. The normalized spacial score (nSPS) is 10.8. The summed E-state index contributed by atoms with van der Waals surface area (Å²) in [5, 5.41) is 5.11. The Morgan fingerprint density at radius 2 is 2.12 bits per heavy atom. The van der Waals surface area contributed by atoms with Crippen LogP contribution >= 0.6 is 27.5 Å². The monoisotopic (exact) mass is 313 g/mol. The maximum absolute atomic E-state index is 6.12. The third-order valence-corrected chi connectivity index (χ3v) is 4.05. The van der Waals surface area contributed by atoms with Gasteiger partial charge in [0.2, 0.25) is 0 Å². The molecule has 0 unspecified atom stereocenters. The predicted octanol–water partition coefficient (Wildman–Crippen LogP) is 3.55. The van der Waals surface area contributed by atoms with Crippen LogP contribution in [0.2, 0.25) is 5.02 Å². The highest BCUT2D eigenvalue weighted by molar-refractivity contribution is 9.10. The minimum Gasteiger partial charge on any atom is -0.398 e. The van der Waals surface area contributed by atoms with E-state index in [1.807, 2.05) is 36.7 Å². The molecule has 0 spiro atoms. The lowest BCUT2D eigenvalue weighted by Gasteiger charge is -2.09. The van der Waals surface area contributed by atoms with E-state index in [1.54, 1.807) is 0 Å². The van der Waals surface area contributed by atoms with Crippen LogP contribution in [0.5, 0.6) is 0 Å². The fourth-order valence-electron chi connectivity index (χ4n) is 1.72. The largest absolute Gasteiger partial charge is 0.398 e. The van der Waals surface area contributed by atoms with Gasteiger partial charge in [0.05, 0.1) is 23.0 Å². The van der Waals surface area contributed by atoms with Gasteiger partial charge in [-0.1, -0.05) is 33.6 Å². The number of nitrogen functional groups attached to an aromatic ring is 1. The van der Waals surface area contributed by atoms with E-state index in [1.165, 1.54) is 0 Å². The molecule has 0 saturated carbocycles. The Morgan fingerprint density at radius 1 is 1.41 bits per heavy atom. The van der Waals surface area contributed by atoms with E-state index in [-0.39, 0.29) is 0 Å². The number of rotatable bonds is 2. The Labute approximate surface area is 114 Å². The number of nitrogens with zero attached hydrogens (tertiary/aromatic N) is 2. The SMILES string of the molecule is Cc1nn(Cc2c(N)cccc2Br)c(C)c1Cl. The average Bonchev–Trinajstić information content (AvgIpc) is 2.52. The van der Waals surface area contributed by atoms with Gasteiger partial charge >= 0.3 is 0 Å². The van der Waals surface area contributed by atoms with E-state index in [4.69, 9.17) is 17.3 Å². The second kappa shape index (κ2) is 4.70. The molecule has 3 nitrogen and oxygen atoms in total. The molecule has 0 aliphatic heterocycles. The Hall–Kier alpha value is -1.000. The van der Waals surface area contributed by atoms with Crippen LogP contribution in [0, 0.1) is 13.8 Å². The molecule has 0 atom stereocenters. The van der Waals surface area contributed by atoms with E-state index in [2.05, 4.69) is 21.0 Å². The number of hydrogen-bond donors (Lipinski definition) is 1. The van der Waals surface area contributed by atoms with Crippen molar-refractivity contribution in [3.05, 3.63) is 44.6 Å². The second-order valence-corrected chi connectivity index (χ2v) is 5.18. The summed E-state index contributed by atoms with van der Waals surface area (Å²) in [6.45, 7) is 4.47. The van der Waals surface area contributed by atoms with Gasteiger partial charge in [-0.05, 0) is 26.0 Å². The highest BCUT2D eigenvalue weighted by atomic mass is 79.9. The smallest absolute Gasteiger partial charge is 0.0844 e. The van der Waals surface area contributed by atoms with Crippen LogP contribution in [-0.2, 0) is 6.54 Å². The molecule has 90 valence electrons. The van der Waals surface area contributed by atoms with Crippen molar-refractivity contribution in [2.75, 3.05) is 5.73 Å². The highest BCUT2D eigenvalue weighted by Crippen LogP contribution is 2.26. The Kier molecular flexibility index (Phi) is 3.45. The van der Waals surface area contributed by atoms with Crippen LogP contribution in [0.3, 0.4) is 0 Å². The first-order chi connectivity index (χ1) is 8.00. The summed E-state index contributed by atoms with van der Waals surface area (Å²) in [6.07, 6.45) is 0. The number of anilines is 1. The number of aromatic nitrogens is 2. The number of nitrogens with two attached hydrogens (primary N) is 1. The number of hydrogen-bond acceptors (Lipinski definition) is 2. The minimum absolute atomic E-state index is 0.618. The molecule has 0 saturated heterocycles. The molecular formula is C12H13BrClN3. The van der Waals surface area contributed by atoms with Gasteiger partial charge in [0, 0.05) is 15.7 Å². The molecule has 1 aromatic carbocycles. The summed E-state index contributed by atoms with van der Waals surface area (Å²) in [5.74, 6) is 0. The summed E-state index contributed by atoms with van der Waals surface area (Å²) in [5.41, 5.74) is 9.54. The summed E-state index contributed by atoms with van der Waals surface area (Å²) in [7, 11) is 0. The van der Waals surface area contributed by atoms with E-state index in [9.17, 15) is 0 Å². The third-order valence-electron chi connectivity index (χ3n) is 2.76. The summed E-state index contributed by atoms with van der Waals surface area (Å²) in [4.78, 5) is 0. The first-order valence-electron chi connectivity index (χ1n) is 5.23. The minimum atomic E-state index is 0.618. The van der Waals surface area contributed by atoms with Gasteiger partial charge < -0.3 is 5.73 Å². The number of benzene rings is 1. The Balaban J connectivity index is 2.41. The topological polar surface area (TPSA) is 43.8 Å². The molecule has 0 amide bonds. The quantitative estimate of drug-likeness (QED) is 0.862. The molecule has 2 N–H and O–H groups in total. The first-order valence-corrected chi connectivity index (χ1v) is 6.40. The zero-order valence-electron chi connectivity index (χ0n) is 9.67. The molecule has 1 heterocycles. The van der Waals surface area contributed by atoms with Crippen molar-refractivity contribution in [2.45, 2.75) is 20.4 Å². The van der Waals surface area contributed by atoms with Crippen LogP contribution in [0.25, 0.3) is 0 Å². The molecule has 0 bridgehead atoms. The predicted molar refractivity (Wildman–Crippen MR) is 74.4 cm³/mol. The highest BCUT2D eigenvalue weighted by Gasteiger charge is 2.12. The fourth-order valence-corrected chi connectivity index (χ4v) is 2.36. The Bertz CT molecular complexity index is 543. The molecule has 0 aliphatic carbocycles. The van der Waals surface area contributed by atoms with Gasteiger partial charge in [-0.15, -0.1) is 0 Å². The van der Waals surface area contributed by atoms with Crippen molar-refractivity contribution in [1.29, 1.82) is 0 Å². The Morgan fingerprint density at radius 3 is 2.65 bits per heavy atom. The maximum atomic E-state index is 6.12. The molecule has 5 heteroatoms. The van der Waals surface area contributed by atoms with E-state index in [0.29, 0.717) is 6.54 Å². The molecule has 2 rings (SSSR count). The molecular weight excluding hydrogens is 302 g/mol. The van der Waals surface area contributed by atoms with Crippen LogP contribution in [0.15, 0.2) is 22.7 Å². The van der Waals surface area contributed by atoms with Gasteiger partial charge in [0.1, 0.15) is 0 Å². The number of aryl methyl sites for hydroxylation is 1. The van der Waals surface area contributed by atoms with Crippen molar-refractivity contribution in [3.63, 3.8) is 0 Å². The van der Waals surface area contributed by atoms with Crippen molar-refractivity contribution >= 4 is 33.2 Å². The van der Waals surface area contributed by atoms with Crippen molar-refractivity contribution in [1.82, 2.24) is 9.78 Å². The molecule has 17 heavy (non-hydrogen) atoms. The first kappa shape index (κ1) is 12.5. The van der Waals surface area contributed by atoms with Crippen molar-refractivity contribution < 1.29 is 0 Å². The molecule has 2 aromatic rings.